The Balaban J connectivity index is 1.69. The van der Waals surface area contributed by atoms with Crippen molar-refractivity contribution in [3.63, 3.8) is 0 Å². The number of aromatic nitrogens is 2. The number of aryl methyl sites for hydroxylation is 2. The Labute approximate surface area is 165 Å². The predicted octanol–water partition coefficient (Wildman–Crippen LogP) is 3.25. The Morgan fingerprint density at radius 1 is 1.11 bits per heavy atom. The highest BCUT2D eigenvalue weighted by molar-refractivity contribution is 5.79. The molecule has 0 bridgehead atoms. The maximum Gasteiger partial charge on any atom is 0.222 e. The van der Waals surface area contributed by atoms with Crippen molar-refractivity contribution in [2.45, 2.75) is 46.3 Å². The highest BCUT2D eigenvalue weighted by Crippen LogP contribution is 2.19. The monoisotopic (exact) mass is 378 g/mol. The number of carbonyl (C=O) groups excluding carboxylic acids is 2. The second-order valence-electron chi connectivity index (χ2n) is 6.91. The van der Waals surface area contributed by atoms with Gasteiger partial charge in [-0.25, -0.2) is 4.98 Å². The lowest BCUT2D eigenvalue weighted by Crippen LogP contribution is -2.32. The van der Waals surface area contributed by atoms with Crippen molar-refractivity contribution in [2.24, 2.45) is 0 Å². The molecule has 0 aliphatic rings. The molecule has 0 saturated carbocycles. The van der Waals surface area contributed by atoms with Crippen molar-refractivity contribution in [2.75, 3.05) is 0 Å². The van der Waals surface area contributed by atoms with E-state index in [1.54, 1.807) is 0 Å². The summed E-state index contributed by atoms with van der Waals surface area (Å²) in [5.74, 6) is 0.531. The Morgan fingerprint density at radius 3 is 2.50 bits per heavy atom. The topological polar surface area (TPSA) is 76.0 Å². The molecular formula is C22H26N4O2. The van der Waals surface area contributed by atoms with Crippen LogP contribution in [-0.4, -0.2) is 21.4 Å². The van der Waals surface area contributed by atoms with Crippen LogP contribution in [0.1, 0.15) is 43.3 Å². The number of carbonyl (C=O) groups is 2. The molecule has 0 aliphatic heterocycles. The standard InChI is InChI=1S/C22H26N4O2/c1-4-26-20-8-6-5-7-18(20)25-21(26)14-23-22(28)13-19(24-16(3)27)17-11-9-15(2)10-12-17/h5-12,19H,4,13-14H2,1-3H3,(H,23,28)(H,24,27)/t19-/m1/s1. The number of nitrogens with one attached hydrogen (secondary N) is 2. The number of imidazole rings is 1. The van der Waals surface area contributed by atoms with Crippen LogP contribution in [0.2, 0.25) is 0 Å². The highest BCUT2D eigenvalue weighted by atomic mass is 16.2. The zero-order chi connectivity index (χ0) is 20.1. The maximum absolute atomic E-state index is 12.6. The van der Waals surface area contributed by atoms with Crippen molar-refractivity contribution in [1.82, 2.24) is 20.2 Å². The number of para-hydroxylation sites is 2. The molecule has 1 atom stereocenters. The average Bonchev–Trinajstić information content (AvgIpc) is 3.03. The second kappa shape index (κ2) is 8.69. The molecule has 3 rings (SSSR count). The van der Waals surface area contributed by atoms with Crippen molar-refractivity contribution >= 4 is 22.8 Å². The van der Waals surface area contributed by atoms with E-state index in [1.807, 2.05) is 55.5 Å². The van der Waals surface area contributed by atoms with Crippen LogP contribution in [-0.2, 0) is 22.7 Å². The summed E-state index contributed by atoms with van der Waals surface area (Å²) >= 11 is 0. The minimum atomic E-state index is -0.358. The Kier molecular flexibility index (Phi) is 6.09. The number of rotatable bonds is 7. The molecule has 1 aromatic heterocycles. The quantitative estimate of drug-likeness (QED) is 0.663. The van der Waals surface area contributed by atoms with Gasteiger partial charge in [-0.3, -0.25) is 9.59 Å². The molecular weight excluding hydrogens is 352 g/mol. The van der Waals surface area contributed by atoms with Crippen molar-refractivity contribution in [3.8, 4) is 0 Å². The molecule has 0 spiro atoms. The summed E-state index contributed by atoms with van der Waals surface area (Å²) in [6.07, 6.45) is 0.176. The van der Waals surface area contributed by atoms with Gasteiger partial charge in [-0.2, -0.15) is 0 Å². The summed E-state index contributed by atoms with van der Waals surface area (Å²) < 4.78 is 2.10. The molecule has 2 amide bonds. The maximum atomic E-state index is 12.6. The Morgan fingerprint density at radius 2 is 1.82 bits per heavy atom. The zero-order valence-corrected chi connectivity index (χ0v) is 16.5. The smallest absolute Gasteiger partial charge is 0.222 e. The molecule has 6 heteroatoms. The molecule has 146 valence electrons. The summed E-state index contributed by atoms with van der Waals surface area (Å²) in [5.41, 5.74) is 4.03. The molecule has 2 aromatic carbocycles. The van der Waals surface area contributed by atoms with Gasteiger partial charge >= 0.3 is 0 Å². The van der Waals surface area contributed by atoms with Crippen LogP contribution in [0.4, 0.5) is 0 Å². The molecule has 0 unspecified atom stereocenters. The van der Waals surface area contributed by atoms with Gasteiger partial charge in [0.2, 0.25) is 11.8 Å². The number of benzene rings is 2. The summed E-state index contributed by atoms with van der Waals surface area (Å²) in [6.45, 7) is 6.65. The van der Waals surface area contributed by atoms with Crippen LogP contribution in [0.3, 0.4) is 0 Å². The zero-order valence-electron chi connectivity index (χ0n) is 16.5. The van der Waals surface area contributed by atoms with Gasteiger partial charge in [0.1, 0.15) is 5.82 Å². The molecule has 3 aromatic rings. The lowest BCUT2D eigenvalue weighted by atomic mass is 10.0. The van der Waals surface area contributed by atoms with Crippen LogP contribution in [0.5, 0.6) is 0 Å². The minimum Gasteiger partial charge on any atom is -0.349 e. The third kappa shape index (κ3) is 4.57. The Bertz CT molecular complexity index is 976. The summed E-state index contributed by atoms with van der Waals surface area (Å²) in [4.78, 5) is 28.8. The van der Waals surface area contributed by atoms with Crippen LogP contribution in [0.25, 0.3) is 11.0 Å². The van der Waals surface area contributed by atoms with E-state index in [-0.39, 0.29) is 24.3 Å². The number of amides is 2. The first-order valence-corrected chi connectivity index (χ1v) is 9.52. The average molecular weight is 378 g/mol. The van der Waals surface area contributed by atoms with Crippen LogP contribution in [0.15, 0.2) is 48.5 Å². The van der Waals surface area contributed by atoms with Crippen LogP contribution < -0.4 is 10.6 Å². The predicted molar refractivity (Wildman–Crippen MR) is 110 cm³/mol. The third-order valence-corrected chi connectivity index (χ3v) is 4.74. The number of fused-ring (bicyclic) bond motifs is 1. The lowest BCUT2D eigenvalue weighted by Gasteiger charge is -2.18. The van der Waals surface area contributed by atoms with Crippen LogP contribution in [0, 0.1) is 6.92 Å². The largest absolute Gasteiger partial charge is 0.349 e. The molecule has 1 heterocycles. The number of hydrogen-bond donors (Lipinski definition) is 2. The number of hydrogen-bond acceptors (Lipinski definition) is 3. The van der Waals surface area contributed by atoms with E-state index in [4.69, 9.17) is 0 Å². The van der Waals surface area contributed by atoms with E-state index in [2.05, 4.69) is 27.1 Å². The van der Waals surface area contributed by atoms with Crippen molar-refractivity contribution in [3.05, 3.63) is 65.5 Å². The summed E-state index contributed by atoms with van der Waals surface area (Å²) in [6, 6.07) is 15.4. The summed E-state index contributed by atoms with van der Waals surface area (Å²) in [5, 5.41) is 5.81. The van der Waals surface area contributed by atoms with Gasteiger partial charge < -0.3 is 15.2 Å². The fraction of sp³-hybridized carbons (Fsp3) is 0.318. The van der Waals surface area contributed by atoms with Crippen molar-refractivity contribution in [1.29, 1.82) is 0 Å². The van der Waals surface area contributed by atoms with E-state index in [0.29, 0.717) is 6.54 Å². The first-order valence-electron chi connectivity index (χ1n) is 9.52. The first kappa shape index (κ1) is 19.6. The Hall–Kier alpha value is -3.15. The van der Waals surface area contributed by atoms with Gasteiger partial charge in [-0.1, -0.05) is 42.0 Å². The van der Waals surface area contributed by atoms with E-state index in [9.17, 15) is 9.59 Å². The molecule has 2 N–H and O–H groups in total. The van der Waals surface area contributed by atoms with E-state index in [1.165, 1.54) is 6.92 Å². The van der Waals surface area contributed by atoms with Gasteiger partial charge in [0, 0.05) is 13.5 Å². The van der Waals surface area contributed by atoms with E-state index >= 15 is 0 Å². The summed E-state index contributed by atoms with van der Waals surface area (Å²) in [7, 11) is 0. The normalized spacial score (nSPS) is 12.0. The van der Waals surface area contributed by atoms with Crippen molar-refractivity contribution < 1.29 is 9.59 Å². The lowest BCUT2D eigenvalue weighted by molar-refractivity contribution is -0.123. The van der Waals surface area contributed by atoms with E-state index in [0.717, 1.165) is 34.5 Å². The molecule has 0 aliphatic carbocycles. The van der Waals surface area contributed by atoms with E-state index < -0.39 is 0 Å². The van der Waals surface area contributed by atoms with Gasteiger partial charge in [-0.05, 0) is 31.5 Å². The second-order valence-corrected chi connectivity index (χ2v) is 6.91. The number of nitrogens with zero attached hydrogens (tertiary/aromatic N) is 2. The fourth-order valence-electron chi connectivity index (χ4n) is 3.34. The molecule has 0 radical (unpaired) electrons. The van der Waals surface area contributed by atoms with Gasteiger partial charge in [0.15, 0.2) is 0 Å². The van der Waals surface area contributed by atoms with Gasteiger partial charge in [0.25, 0.3) is 0 Å². The minimum absolute atomic E-state index is 0.131. The molecule has 28 heavy (non-hydrogen) atoms. The highest BCUT2D eigenvalue weighted by Gasteiger charge is 2.18. The fourth-order valence-corrected chi connectivity index (χ4v) is 3.34. The van der Waals surface area contributed by atoms with Gasteiger partial charge in [0.05, 0.1) is 30.0 Å². The molecule has 0 fully saturated rings. The third-order valence-electron chi connectivity index (χ3n) is 4.74. The SMILES string of the molecule is CCn1c(CNC(=O)C[C@@H](NC(C)=O)c2ccc(C)cc2)nc2ccccc21. The first-order chi connectivity index (χ1) is 13.5. The van der Waals surface area contributed by atoms with Gasteiger partial charge in [-0.15, -0.1) is 0 Å². The molecule has 0 saturated heterocycles. The van der Waals surface area contributed by atoms with Crippen LogP contribution >= 0.6 is 0 Å². The molecule has 6 nitrogen and oxygen atoms in total.